The molecule has 3 rings (SSSR count). The Balaban J connectivity index is 2.15. The maximum absolute atomic E-state index is 11.8. The molecule has 4 atom stereocenters. The van der Waals surface area contributed by atoms with Gasteiger partial charge in [0.25, 0.3) is 0 Å². The van der Waals surface area contributed by atoms with Crippen LogP contribution in [0.1, 0.15) is 46.5 Å². The molecule has 0 aromatic heterocycles. The Morgan fingerprint density at radius 1 is 1.21 bits per heavy atom. The Kier molecular flexibility index (Phi) is 2.64. The van der Waals surface area contributed by atoms with E-state index in [-0.39, 0.29) is 16.7 Å². The van der Waals surface area contributed by atoms with Gasteiger partial charge in [0.05, 0.1) is 11.7 Å². The number of cyclic esters (lactones) is 1. The third-order valence-electron chi connectivity index (χ3n) is 5.61. The van der Waals surface area contributed by atoms with Gasteiger partial charge in [-0.3, -0.25) is 0 Å². The van der Waals surface area contributed by atoms with E-state index in [0.717, 1.165) is 19.3 Å². The van der Waals surface area contributed by atoms with Crippen molar-refractivity contribution in [2.24, 2.45) is 16.7 Å². The monoisotopic (exact) mass is 266 g/mol. The lowest BCUT2D eigenvalue weighted by Gasteiger charge is -2.54. The van der Waals surface area contributed by atoms with Gasteiger partial charge in [-0.05, 0) is 36.0 Å². The van der Waals surface area contributed by atoms with Crippen LogP contribution in [0.25, 0.3) is 0 Å². The fourth-order valence-corrected chi connectivity index (χ4v) is 4.74. The fourth-order valence-electron chi connectivity index (χ4n) is 4.74. The smallest absolute Gasteiger partial charge is 0.339 e. The highest BCUT2D eigenvalue weighted by Crippen LogP contribution is 2.61. The Labute approximate surface area is 113 Å². The van der Waals surface area contributed by atoms with Crippen molar-refractivity contribution in [1.82, 2.24) is 0 Å². The number of carbonyl (C=O) groups excluding carboxylic acids is 1. The van der Waals surface area contributed by atoms with Crippen LogP contribution in [-0.2, 0) is 9.53 Å². The third-order valence-corrected chi connectivity index (χ3v) is 5.61. The molecule has 1 fully saturated rings. The lowest BCUT2D eigenvalue weighted by molar-refractivity contribution is -0.153. The van der Waals surface area contributed by atoms with E-state index in [2.05, 4.69) is 20.8 Å². The minimum Gasteiger partial charge on any atom is -0.428 e. The van der Waals surface area contributed by atoms with Crippen LogP contribution in [0.15, 0.2) is 11.1 Å². The van der Waals surface area contributed by atoms with E-state index in [0.29, 0.717) is 17.6 Å². The second kappa shape index (κ2) is 3.83. The SMILES string of the molecule is CC1(C)CCC[C@@]2(C)C3=C(C(=O)O[C@@H]3O)[C@H](O)C[C@@H]12. The van der Waals surface area contributed by atoms with Gasteiger partial charge in [-0.2, -0.15) is 0 Å². The van der Waals surface area contributed by atoms with Crippen molar-refractivity contribution in [3.05, 3.63) is 11.1 Å². The van der Waals surface area contributed by atoms with Gasteiger partial charge in [-0.25, -0.2) is 4.79 Å². The molecule has 2 aliphatic carbocycles. The summed E-state index contributed by atoms with van der Waals surface area (Å²) in [6, 6.07) is 0. The zero-order valence-corrected chi connectivity index (χ0v) is 11.8. The second-order valence-corrected chi connectivity index (χ2v) is 7.15. The quantitative estimate of drug-likeness (QED) is 0.656. The standard InChI is InChI=1S/C15H22O4/c1-14(2)5-4-6-15(3)9(14)7-8(16)10-11(15)13(18)19-12(10)17/h8-9,13,16,18H,4-7H2,1-3H3/t8-,9+,13+,15-/m1/s1. The number of rotatable bonds is 0. The Morgan fingerprint density at radius 2 is 1.89 bits per heavy atom. The van der Waals surface area contributed by atoms with E-state index in [1.54, 1.807) is 0 Å². The largest absolute Gasteiger partial charge is 0.428 e. The van der Waals surface area contributed by atoms with Crippen molar-refractivity contribution in [1.29, 1.82) is 0 Å². The van der Waals surface area contributed by atoms with Gasteiger partial charge in [-0.1, -0.05) is 27.2 Å². The van der Waals surface area contributed by atoms with Crippen LogP contribution >= 0.6 is 0 Å². The number of aliphatic hydroxyl groups is 2. The number of aliphatic hydroxyl groups excluding tert-OH is 2. The predicted molar refractivity (Wildman–Crippen MR) is 69.0 cm³/mol. The summed E-state index contributed by atoms with van der Waals surface area (Å²) in [6.45, 7) is 6.56. The summed E-state index contributed by atoms with van der Waals surface area (Å²) in [5, 5.41) is 20.4. The minimum atomic E-state index is -1.17. The lowest BCUT2D eigenvalue weighted by atomic mass is 9.50. The average Bonchev–Trinajstić information content (AvgIpc) is 2.59. The normalized spacial score (nSPS) is 44.7. The summed E-state index contributed by atoms with van der Waals surface area (Å²) in [5.41, 5.74) is 0.845. The van der Waals surface area contributed by atoms with Crippen molar-refractivity contribution >= 4 is 5.97 Å². The molecule has 3 aliphatic rings. The van der Waals surface area contributed by atoms with Gasteiger partial charge in [0.1, 0.15) is 0 Å². The zero-order valence-electron chi connectivity index (χ0n) is 11.8. The molecule has 0 aromatic rings. The molecular formula is C15H22O4. The van der Waals surface area contributed by atoms with Gasteiger partial charge in [-0.15, -0.1) is 0 Å². The number of esters is 1. The highest BCUT2D eigenvalue weighted by molar-refractivity contribution is 5.93. The summed E-state index contributed by atoms with van der Waals surface area (Å²) in [7, 11) is 0. The molecule has 0 unspecified atom stereocenters. The molecule has 4 nitrogen and oxygen atoms in total. The predicted octanol–water partition coefficient (Wildman–Crippen LogP) is 1.76. The molecule has 0 saturated heterocycles. The van der Waals surface area contributed by atoms with Crippen LogP contribution in [-0.4, -0.2) is 28.6 Å². The maximum Gasteiger partial charge on any atom is 0.339 e. The van der Waals surface area contributed by atoms with E-state index in [1.165, 1.54) is 0 Å². The number of fused-ring (bicyclic) bond motifs is 2. The molecule has 0 aromatic carbocycles. The molecule has 0 amide bonds. The van der Waals surface area contributed by atoms with Crippen molar-refractivity contribution in [2.45, 2.75) is 58.8 Å². The maximum atomic E-state index is 11.8. The van der Waals surface area contributed by atoms with E-state index >= 15 is 0 Å². The fraction of sp³-hybridized carbons (Fsp3) is 0.800. The summed E-state index contributed by atoms with van der Waals surface area (Å²) >= 11 is 0. The van der Waals surface area contributed by atoms with Crippen molar-refractivity contribution in [3.8, 4) is 0 Å². The Hall–Kier alpha value is -0.870. The third kappa shape index (κ3) is 1.62. The van der Waals surface area contributed by atoms with Crippen LogP contribution in [0.2, 0.25) is 0 Å². The van der Waals surface area contributed by atoms with Crippen LogP contribution in [0.5, 0.6) is 0 Å². The number of carbonyl (C=O) groups is 1. The molecule has 1 heterocycles. The number of hydrogen-bond acceptors (Lipinski definition) is 4. The van der Waals surface area contributed by atoms with Gasteiger partial charge >= 0.3 is 5.97 Å². The van der Waals surface area contributed by atoms with Gasteiger partial charge in [0.15, 0.2) is 0 Å². The molecule has 1 saturated carbocycles. The zero-order chi connectivity index (χ0) is 14.0. The molecular weight excluding hydrogens is 244 g/mol. The number of hydrogen-bond donors (Lipinski definition) is 2. The molecule has 0 spiro atoms. The topological polar surface area (TPSA) is 66.8 Å². The first-order valence-electron chi connectivity index (χ1n) is 7.09. The minimum absolute atomic E-state index is 0.109. The van der Waals surface area contributed by atoms with E-state index in [4.69, 9.17) is 4.74 Å². The molecule has 4 heteroatoms. The first kappa shape index (κ1) is 13.1. The van der Waals surface area contributed by atoms with Crippen LogP contribution in [0.4, 0.5) is 0 Å². The van der Waals surface area contributed by atoms with Crippen molar-refractivity contribution < 1.29 is 19.7 Å². The molecule has 1 aliphatic heterocycles. The van der Waals surface area contributed by atoms with E-state index in [1.807, 2.05) is 0 Å². The van der Waals surface area contributed by atoms with Crippen LogP contribution in [0, 0.1) is 16.7 Å². The molecule has 19 heavy (non-hydrogen) atoms. The highest BCUT2D eigenvalue weighted by atomic mass is 16.6. The van der Waals surface area contributed by atoms with Crippen LogP contribution in [0.3, 0.4) is 0 Å². The first-order valence-corrected chi connectivity index (χ1v) is 7.09. The van der Waals surface area contributed by atoms with Crippen molar-refractivity contribution in [2.75, 3.05) is 0 Å². The molecule has 0 radical (unpaired) electrons. The van der Waals surface area contributed by atoms with E-state index in [9.17, 15) is 15.0 Å². The average molecular weight is 266 g/mol. The molecule has 106 valence electrons. The summed E-state index contributed by atoms with van der Waals surface area (Å²) < 4.78 is 4.94. The van der Waals surface area contributed by atoms with Gasteiger partial charge < -0.3 is 14.9 Å². The lowest BCUT2D eigenvalue weighted by Crippen LogP contribution is -2.49. The van der Waals surface area contributed by atoms with Crippen LogP contribution < -0.4 is 0 Å². The summed E-state index contributed by atoms with van der Waals surface area (Å²) in [5.74, 6) is -0.273. The summed E-state index contributed by atoms with van der Waals surface area (Å²) in [4.78, 5) is 11.8. The molecule has 0 bridgehead atoms. The Morgan fingerprint density at radius 3 is 2.58 bits per heavy atom. The van der Waals surface area contributed by atoms with E-state index < -0.39 is 18.4 Å². The number of ether oxygens (including phenoxy) is 1. The molecule has 2 N–H and O–H groups in total. The van der Waals surface area contributed by atoms with Crippen molar-refractivity contribution in [3.63, 3.8) is 0 Å². The summed E-state index contributed by atoms with van der Waals surface area (Å²) in [6.07, 6.45) is 1.76. The van der Waals surface area contributed by atoms with Gasteiger partial charge in [0, 0.05) is 5.57 Å². The highest BCUT2D eigenvalue weighted by Gasteiger charge is 2.58. The Bertz CT molecular complexity index is 465. The van der Waals surface area contributed by atoms with Gasteiger partial charge in [0.2, 0.25) is 6.29 Å². The first-order chi connectivity index (χ1) is 8.77. The second-order valence-electron chi connectivity index (χ2n) is 7.15.